The Kier molecular flexibility index (Phi) is 2.47. The molecule has 0 aromatic heterocycles. The van der Waals surface area contributed by atoms with Crippen LogP contribution in [0.1, 0.15) is 19.8 Å². The van der Waals surface area contributed by atoms with E-state index in [9.17, 15) is 0 Å². The van der Waals surface area contributed by atoms with Crippen LogP contribution in [0.2, 0.25) is 0 Å². The van der Waals surface area contributed by atoms with E-state index in [0.29, 0.717) is 11.8 Å². The lowest BCUT2D eigenvalue weighted by Crippen LogP contribution is -2.28. The van der Waals surface area contributed by atoms with Gasteiger partial charge < -0.3 is 9.47 Å². The number of hydrogen-bond donors (Lipinski definition) is 0. The fraction of sp³-hybridized carbons (Fsp3) is 0.800. The molecule has 0 radical (unpaired) electrons. The summed E-state index contributed by atoms with van der Waals surface area (Å²) >= 11 is 0. The van der Waals surface area contributed by atoms with Gasteiger partial charge in [-0.1, -0.05) is 19.1 Å². The Morgan fingerprint density at radius 1 is 1.08 bits per heavy atom. The van der Waals surface area contributed by atoms with E-state index in [0.717, 1.165) is 19.6 Å². The van der Waals surface area contributed by atoms with Crippen LogP contribution in [-0.2, 0) is 9.47 Å². The molecule has 2 heteroatoms. The van der Waals surface area contributed by atoms with Crippen LogP contribution in [0, 0.1) is 11.8 Å². The molecule has 0 saturated carbocycles. The Balaban J connectivity index is 1.96. The summed E-state index contributed by atoms with van der Waals surface area (Å²) in [6, 6.07) is 0. The molecule has 0 amide bonds. The number of allylic oxidation sites excluding steroid dienone is 2. The molecule has 1 fully saturated rings. The third-order valence-corrected chi connectivity index (χ3v) is 2.81. The molecule has 1 saturated heterocycles. The van der Waals surface area contributed by atoms with Gasteiger partial charge in [0.25, 0.3) is 0 Å². The van der Waals surface area contributed by atoms with Crippen molar-refractivity contribution in [3.05, 3.63) is 12.2 Å². The van der Waals surface area contributed by atoms with Gasteiger partial charge in [-0.05, 0) is 18.8 Å². The molecule has 0 bridgehead atoms. The first-order valence-corrected chi connectivity index (χ1v) is 4.76. The first kappa shape index (κ1) is 8.27. The summed E-state index contributed by atoms with van der Waals surface area (Å²) in [5.74, 6) is 1.29. The molecular formula is C10H16O2. The molecule has 0 N–H and O–H groups in total. The number of rotatable bonds is 1. The van der Waals surface area contributed by atoms with Crippen molar-refractivity contribution in [2.45, 2.75) is 26.1 Å². The van der Waals surface area contributed by atoms with Crippen LogP contribution in [0.15, 0.2) is 12.2 Å². The molecule has 2 aliphatic rings. The molecular weight excluding hydrogens is 152 g/mol. The predicted octanol–water partition coefficient (Wildman–Crippen LogP) is 1.96. The van der Waals surface area contributed by atoms with E-state index in [2.05, 4.69) is 19.1 Å². The van der Waals surface area contributed by atoms with Crippen molar-refractivity contribution in [2.24, 2.45) is 11.8 Å². The maximum atomic E-state index is 5.51. The molecule has 68 valence electrons. The van der Waals surface area contributed by atoms with Gasteiger partial charge in [-0.2, -0.15) is 0 Å². The zero-order valence-electron chi connectivity index (χ0n) is 7.53. The molecule has 12 heavy (non-hydrogen) atoms. The summed E-state index contributed by atoms with van der Waals surface area (Å²) < 4.78 is 11.0. The molecule has 2 nitrogen and oxygen atoms in total. The molecule has 0 unspecified atom stereocenters. The highest BCUT2D eigenvalue weighted by Crippen LogP contribution is 2.31. The quantitative estimate of drug-likeness (QED) is 0.557. The lowest BCUT2D eigenvalue weighted by atomic mass is 9.84. The lowest BCUT2D eigenvalue weighted by molar-refractivity contribution is -0.0975. The van der Waals surface area contributed by atoms with Gasteiger partial charge in [-0.15, -0.1) is 0 Å². The molecule has 2 rings (SSSR count). The fourth-order valence-electron chi connectivity index (χ4n) is 1.97. The highest BCUT2D eigenvalue weighted by molar-refractivity contribution is 4.94. The van der Waals surface area contributed by atoms with Gasteiger partial charge >= 0.3 is 0 Å². The summed E-state index contributed by atoms with van der Waals surface area (Å²) in [5, 5.41) is 0. The van der Waals surface area contributed by atoms with Gasteiger partial charge in [-0.3, -0.25) is 0 Å². The predicted molar refractivity (Wildman–Crippen MR) is 46.7 cm³/mol. The van der Waals surface area contributed by atoms with Crippen molar-refractivity contribution in [1.29, 1.82) is 0 Å². The minimum Gasteiger partial charge on any atom is -0.350 e. The van der Waals surface area contributed by atoms with Crippen LogP contribution in [0.3, 0.4) is 0 Å². The monoisotopic (exact) mass is 168 g/mol. The van der Waals surface area contributed by atoms with Gasteiger partial charge in [0, 0.05) is 5.92 Å². The third-order valence-electron chi connectivity index (χ3n) is 2.81. The Labute approximate surface area is 73.5 Å². The van der Waals surface area contributed by atoms with Gasteiger partial charge in [0.1, 0.15) is 0 Å². The number of ether oxygens (including phenoxy) is 2. The van der Waals surface area contributed by atoms with Crippen LogP contribution < -0.4 is 0 Å². The van der Waals surface area contributed by atoms with E-state index in [1.807, 2.05) is 0 Å². The van der Waals surface area contributed by atoms with Crippen LogP contribution in [0.25, 0.3) is 0 Å². The van der Waals surface area contributed by atoms with Gasteiger partial charge in [0.15, 0.2) is 6.29 Å². The lowest BCUT2D eigenvalue weighted by Gasteiger charge is -2.28. The van der Waals surface area contributed by atoms with Crippen molar-refractivity contribution < 1.29 is 9.47 Å². The van der Waals surface area contributed by atoms with Crippen molar-refractivity contribution in [2.75, 3.05) is 13.2 Å². The normalized spacial score (nSPS) is 37.4. The van der Waals surface area contributed by atoms with Gasteiger partial charge in [-0.25, -0.2) is 0 Å². The summed E-state index contributed by atoms with van der Waals surface area (Å²) in [7, 11) is 0. The largest absolute Gasteiger partial charge is 0.350 e. The Morgan fingerprint density at radius 2 is 1.75 bits per heavy atom. The topological polar surface area (TPSA) is 18.5 Å². The standard InChI is InChI=1S/C10H16O2/c1-8-4-2-3-5-9(8)10-11-6-7-12-10/h2-3,8-10H,4-7H2,1H3/t8-,9-/m1/s1. The molecule has 1 aliphatic heterocycles. The maximum Gasteiger partial charge on any atom is 0.161 e. The first-order valence-electron chi connectivity index (χ1n) is 4.76. The van der Waals surface area contributed by atoms with Crippen molar-refractivity contribution in [3.8, 4) is 0 Å². The minimum atomic E-state index is 0.0740. The van der Waals surface area contributed by atoms with Crippen molar-refractivity contribution in [1.82, 2.24) is 0 Å². The van der Waals surface area contributed by atoms with E-state index in [1.54, 1.807) is 0 Å². The molecule has 1 aliphatic carbocycles. The molecule has 0 aromatic carbocycles. The average Bonchev–Trinajstić information content (AvgIpc) is 2.57. The van der Waals surface area contributed by atoms with Crippen molar-refractivity contribution >= 4 is 0 Å². The zero-order valence-corrected chi connectivity index (χ0v) is 7.53. The van der Waals surface area contributed by atoms with E-state index in [1.165, 1.54) is 6.42 Å². The summed E-state index contributed by atoms with van der Waals surface area (Å²) in [4.78, 5) is 0. The number of hydrogen-bond acceptors (Lipinski definition) is 2. The smallest absolute Gasteiger partial charge is 0.161 e. The highest BCUT2D eigenvalue weighted by Gasteiger charge is 2.31. The molecule has 2 atom stereocenters. The van der Waals surface area contributed by atoms with Crippen LogP contribution in [-0.4, -0.2) is 19.5 Å². The van der Waals surface area contributed by atoms with Crippen LogP contribution in [0.5, 0.6) is 0 Å². The average molecular weight is 168 g/mol. The molecule has 0 aromatic rings. The fourth-order valence-corrected chi connectivity index (χ4v) is 1.97. The van der Waals surface area contributed by atoms with Gasteiger partial charge in [0.2, 0.25) is 0 Å². The Morgan fingerprint density at radius 3 is 2.42 bits per heavy atom. The second-order valence-electron chi connectivity index (χ2n) is 3.69. The van der Waals surface area contributed by atoms with E-state index < -0.39 is 0 Å². The summed E-state index contributed by atoms with van der Waals surface area (Å²) in [6.07, 6.45) is 6.87. The molecule has 1 heterocycles. The van der Waals surface area contributed by atoms with Crippen molar-refractivity contribution in [3.63, 3.8) is 0 Å². The summed E-state index contributed by atoms with van der Waals surface area (Å²) in [5.41, 5.74) is 0. The second-order valence-corrected chi connectivity index (χ2v) is 3.69. The first-order chi connectivity index (χ1) is 5.88. The Hall–Kier alpha value is -0.340. The van der Waals surface area contributed by atoms with E-state index >= 15 is 0 Å². The van der Waals surface area contributed by atoms with Gasteiger partial charge in [0.05, 0.1) is 13.2 Å². The second kappa shape index (κ2) is 3.58. The van der Waals surface area contributed by atoms with E-state index in [4.69, 9.17) is 9.47 Å². The van der Waals surface area contributed by atoms with Crippen LogP contribution >= 0.6 is 0 Å². The summed E-state index contributed by atoms with van der Waals surface area (Å²) in [6.45, 7) is 3.83. The SMILES string of the molecule is C[C@@H]1CC=CC[C@H]1C1OCCO1. The highest BCUT2D eigenvalue weighted by atomic mass is 16.7. The molecule has 0 spiro atoms. The zero-order chi connectivity index (χ0) is 8.39. The van der Waals surface area contributed by atoms with E-state index in [-0.39, 0.29) is 6.29 Å². The minimum absolute atomic E-state index is 0.0740. The third kappa shape index (κ3) is 1.54. The maximum absolute atomic E-state index is 5.51. The Bertz CT molecular complexity index is 171. The van der Waals surface area contributed by atoms with Crippen LogP contribution in [0.4, 0.5) is 0 Å².